The summed E-state index contributed by atoms with van der Waals surface area (Å²) < 4.78 is 0. The highest BCUT2D eigenvalue weighted by Gasteiger charge is 2.26. The number of nitrogens with zero attached hydrogens (tertiary/aromatic N) is 4. The second-order valence-electron chi connectivity index (χ2n) is 7.58. The fraction of sp³-hybridized carbons (Fsp3) is 0.292. The monoisotopic (exact) mass is 420 g/mol. The summed E-state index contributed by atoms with van der Waals surface area (Å²) in [5.74, 6) is 1.74. The van der Waals surface area contributed by atoms with Gasteiger partial charge in [-0.2, -0.15) is 0 Å². The van der Waals surface area contributed by atoms with Crippen molar-refractivity contribution < 1.29 is 4.79 Å². The van der Waals surface area contributed by atoms with E-state index >= 15 is 0 Å². The van der Waals surface area contributed by atoms with Crippen molar-refractivity contribution in [3.05, 3.63) is 87.8 Å². The lowest BCUT2D eigenvalue weighted by Gasteiger charge is -2.36. The number of carbonyl (C=O) groups is 1. The Morgan fingerprint density at radius 2 is 1.60 bits per heavy atom. The van der Waals surface area contributed by atoms with Crippen LogP contribution in [-0.2, 0) is 6.42 Å². The molecule has 0 bridgehead atoms. The van der Waals surface area contributed by atoms with E-state index in [1.54, 1.807) is 12.1 Å². The molecular formula is C24H25ClN4O. The summed E-state index contributed by atoms with van der Waals surface area (Å²) in [4.78, 5) is 26.4. The lowest BCUT2D eigenvalue weighted by Crippen LogP contribution is -2.49. The minimum Gasteiger partial charge on any atom is -0.353 e. The van der Waals surface area contributed by atoms with Crippen molar-refractivity contribution in [3.63, 3.8) is 0 Å². The largest absolute Gasteiger partial charge is 0.353 e. The predicted octanol–water partition coefficient (Wildman–Crippen LogP) is 4.30. The molecule has 1 aliphatic heterocycles. The Balaban J connectivity index is 1.53. The Hall–Kier alpha value is -2.92. The molecular weight excluding hydrogens is 396 g/mol. The topological polar surface area (TPSA) is 49.3 Å². The molecule has 2 heterocycles. The van der Waals surface area contributed by atoms with Crippen LogP contribution in [0.25, 0.3) is 0 Å². The molecule has 4 rings (SSSR count). The molecule has 0 unspecified atom stereocenters. The van der Waals surface area contributed by atoms with Crippen molar-refractivity contribution in [1.29, 1.82) is 0 Å². The molecule has 0 saturated carbocycles. The zero-order chi connectivity index (χ0) is 21.1. The number of aromatic nitrogens is 2. The average Bonchev–Trinajstić information content (AvgIpc) is 2.76. The van der Waals surface area contributed by atoms with Crippen LogP contribution in [0.5, 0.6) is 0 Å². The Labute approximate surface area is 182 Å². The first-order valence-electron chi connectivity index (χ1n) is 10.2. The molecule has 1 amide bonds. The molecule has 2 aromatic carbocycles. The van der Waals surface area contributed by atoms with E-state index in [1.807, 2.05) is 36.9 Å². The first-order valence-corrected chi connectivity index (χ1v) is 10.6. The van der Waals surface area contributed by atoms with E-state index < -0.39 is 0 Å². The van der Waals surface area contributed by atoms with E-state index in [0.717, 1.165) is 42.4 Å². The number of hydrogen-bond donors (Lipinski definition) is 0. The molecule has 1 aliphatic rings. The van der Waals surface area contributed by atoms with Gasteiger partial charge >= 0.3 is 0 Å². The summed E-state index contributed by atoms with van der Waals surface area (Å²) in [6.45, 7) is 6.71. The highest BCUT2D eigenvalue weighted by Crippen LogP contribution is 2.26. The van der Waals surface area contributed by atoms with Crippen LogP contribution >= 0.6 is 11.6 Å². The minimum absolute atomic E-state index is 0.0141. The lowest BCUT2D eigenvalue weighted by molar-refractivity contribution is 0.0746. The fourth-order valence-corrected chi connectivity index (χ4v) is 4.13. The van der Waals surface area contributed by atoms with Crippen molar-refractivity contribution in [2.45, 2.75) is 20.3 Å². The van der Waals surface area contributed by atoms with Crippen LogP contribution in [0.15, 0.2) is 54.6 Å². The molecule has 0 spiro atoms. The van der Waals surface area contributed by atoms with Crippen LogP contribution in [-0.4, -0.2) is 47.0 Å². The SMILES string of the molecule is Cc1nc(C)c(Cc2ccccc2)c(N2CCN(C(=O)c3ccccc3Cl)CC2)n1. The maximum atomic E-state index is 12.9. The van der Waals surface area contributed by atoms with Crippen LogP contribution in [0.2, 0.25) is 5.02 Å². The number of amides is 1. The lowest BCUT2D eigenvalue weighted by atomic mass is 10.0. The third kappa shape index (κ3) is 4.31. The molecule has 0 aliphatic carbocycles. The van der Waals surface area contributed by atoms with Gasteiger partial charge < -0.3 is 9.80 Å². The van der Waals surface area contributed by atoms with Gasteiger partial charge in [-0.05, 0) is 31.5 Å². The van der Waals surface area contributed by atoms with E-state index in [0.29, 0.717) is 23.7 Å². The number of rotatable bonds is 4. The standard InChI is InChI=1S/C24H25ClN4O/c1-17-21(16-19-8-4-3-5-9-19)23(27-18(2)26-17)28-12-14-29(15-13-28)24(30)20-10-6-7-11-22(20)25/h3-11H,12-16H2,1-2H3. The van der Waals surface area contributed by atoms with Gasteiger partial charge in [0.05, 0.1) is 10.6 Å². The molecule has 6 heteroatoms. The summed E-state index contributed by atoms with van der Waals surface area (Å²) >= 11 is 6.22. The molecule has 1 aromatic heterocycles. The molecule has 1 saturated heterocycles. The second-order valence-corrected chi connectivity index (χ2v) is 7.99. The van der Waals surface area contributed by atoms with E-state index in [1.165, 1.54) is 5.56 Å². The smallest absolute Gasteiger partial charge is 0.255 e. The average molecular weight is 421 g/mol. The summed E-state index contributed by atoms with van der Waals surface area (Å²) in [5.41, 5.74) is 3.96. The van der Waals surface area contributed by atoms with Crippen molar-refractivity contribution >= 4 is 23.3 Å². The molecule has 30 heavy (non-hydrogen) atoms. The Morgan fingerprint density at radius 1 is 0.933 bits per heavy atom. The highest BCUT2D eigenvalue weighted by atomic mass is 35.5. The molecule has 154 valence electrons. The quantitative estimate of drug-likeness (QED) is 0.631. The normalized spacial score (nSPS) is 14.1. The van der Waals surface area contributed by atoms with E-state index in [9.17, 15) is 4.79 Å². The third-order valence-electron chi connectivity index (χ3n) is 5.50. The van der Waals surface area contributed by atoms with Crippen LogP contribution in [0.3, 0.4) is 0 Å². The molecule has 5 nitrogen and oxygen atoms in total. The predicted molar refractivity (Wildman–Crippen MR) is 120 cm³/mol. The van der Waals surface area contributed by atoms with E-state index in [2.05, 4.69) is 34.1 Å². The van der Waals surface area contributed by atoms with E-state index in [-0.39, 0.29) is 5.91 Å². The van der Waals surface area contributed by atoms with Gasteiger partial charge in [0.25, 0.3) is 5.91 Å². The Morgan fingerprint density at radius 3 is 2.30 bits per heavy atom. The highest BCUT2D eigenvalue weighted by molar-refractivity contribution is 6.33. The fourth-order valence-electron chi connectivity index (χ4n) is 3.91. The van der Waals surface area contributed by atoms with Crippen LogP contribution in [0.4, 0.5) is 5.82 Å². The van der Waals surface area contributed by atoms with Gasteiger partial charge in [-0.3, -0.25) is 4.79 Å². The molecule has 0 N–H and O–H groups in total. The van der Waals surface area contributed by atoms with Gasteiger partial charge in [0.15, 0.2) is 0 Å². The number of piperazine rings is 1. The molecule has 0 radical (unpaired) electrons. The van der Waals surface area contributed by atoms with Gasteiger partial charge in [-0.15, -0.1) is 0 Å². The number of anilines is 1. The molecule has 3 aromatic rings. The summed E-state index contributed by atoms with van der Waals surface area (Å²) in [5, 5.41) is 0.497. The maximum Gasteiger partial charge on any atom is 0.255 e. The maximum absolute atomic E-state index is 12.9. The zero-order valence-corrected chi connectivity index (χ0v) is 18.1. The number of aryl methyl sites for hydroxylation is 2. The minimum atomic E-state index is -0.0141. The second kappa shape index (κ2) is 8.84. The first-order chi connectivity index (χ1) is 14.5. The first kappa shape index (κ1) is 20.4. The Bertz CT molecular complexity index is 1050. The van der Waals surface area contributed by atoms with Gasteiger partial charge in [0.1, 0.15) is 11.6 Å². The van der Waals surface area contributed by atoms with E-state index in [4.69, 9.17) is 16.6 Å². The Kier molecular flexibility index (Phi) is 6.00. The number of halogens is 1. The summed E-state index contributed by atoms with van der Waals surface area (Å²) in [6.07, 6.45) is 0.793. The summed E-state index contributed by atoms with van der Waals surface area (Å²) in [6, 6.07) is 17.6. The van der Waals surface area contributed by atoms with Gasteiger partial charge in [-0.25, -0.2) is 9.97 Å². The number of benzene rings is 2. The zero-order valence-electron chi connectivity index (χ0n) is 17.3. The van der Waals surface area contributed by atoms with Crippen LogP contribution in [0.1, 0.15) is 33.0 Å². The number of hydrogen-bond acceptors (Lipinski definition) is 4. The van der Waals surface area contributed by atoms with Gasteiger partial charge in [0, 0.05) is 43.9 Å². The van der Waals surface area contributed by atoms with Crippen molar-refractivity contribution in [3.8, 4) is 0 Å². The van der Waals surface area contributed by atoms with Gasteiger partial charge in [-0.1, -0.05) is 54.1 Å². The van der Waals surface area contributed by atoms with Gasteiger partial charge in [0.2, 0.25) is 0 Å². The van der Waals surface area contributed by atoms with Crippen molar-refractivity contribution in [2.75, 3.05) is 31.1 Å². The third-order valence-corrected chi connectivity index (χ3v) is 5.83. The van der Waals surface area contributed by atoms with Crippen molar-refractivity contribution in [1.82, 2.24) is 14.9 Å². The van der Waals surface area contributed by atoms with Crippen molar-refractivity contribution in [2.24, 2.45) is 0 Å². The molecule has 0 atom stereocenters. The van der Waals surface area contributed by atoms with Crippen LogP contribution in [0, 0.1) is 13.8 Å². The summed E-state index contributed by atoms with van der Waals surface area (Å²) in [7, 11) is 0. The number of carbonyl (C=O) groups excluding carboxylic acids is 1. The molecule has 1 fully saturated rings. The van der Waals surface area contributed by atoms with Crippen LogP contribution < -0.4 is 4.90 Å².